The molecule has 2 amide bonds. The molecule has 2 aromatic rings. The van der Waals surface area contributed by atoms with Gasteiger partial charge in [0.05, 0.1) is 11.0 Å². The zero-order chi connectivity index (χ0) is 23.8. The van der Waals surface area contributed by atoms with Gasteiger partial charge in [-0.15, -0.1) is 0 Å². The number of rotatable bonds is 6. The summed E-state index contributed by atoms with van der Waals surface area (Å²) < 4.78 is 33.9. The van der Waals surface area contributed by atoms with Crippen LogP contribution >= 0.6 is 11.6 Å². The van der Waals surface area contributed by atoms with E-state index in [1.807, 2.05) is 0 Å². The lowest BCUT2D eigenvalue weighted by molar-refractivity contribution is -0.145. The Morgan fingerprint density at radius 1 is 1.15 bits per heavy atom. The van der Waals surface area contributed by atoms with E-state index >= 15 is 0 Å². The third-order valence-electron chi connectivity index (χ3n) is 6.47. The second-order valence-electron chi connectivity index (χ2n) is 8.61. The molecule has 2 heterocycles. The second-order valence-corrected chi connectivity index (χ2v) is 10.8. The number of piperidine rings is 1. The van der Waals surface area contributed by atoms with E-state index in [2.05, 4.69) is 4.72 Å². The molecule has 0 spiro atoms. The summed E-state index contributed by atoms with van der Waals surface area (Å²) in [7, 11) is -2.29. The smallest absolute Gasteiger partial charge is 0.245 e. The number of nitrogens with zero attached hydrogens (tertiary/aromatic N) is 2. The maximum absolute atomic E-state index is 13.0. The fraction of sp³-hybridized carbons (Fsp3) is 0.478. The first kappa shape index (κ1) is 23.9. The van der Waals surface area contributed by atoms with Crippen molar-refractivity contribution in [1.82, 2.24) is 14.5 Å². The van der Waals surface area contributed by atoms with Gasteiger partial charge >= 0.3 is 0 Å². The normalized spacial score (nSPS) is 22.7. The minimum Gasteiger partial charge on any atom is -0.380 e. The van der Waals surface area contributed by atoms with Gasteiger partial charge in [-0.1, -0.05) is 23.7 Å². The van der Waals surface area contributed by atoms with Gasteiger partial charge in [0.15, 0.2) is 0 Å². The molecule has 0 aromatic heterocycles. The molecule has 2 aliphatic rings. The molecule has 0 aliphatic carbocycles. The van der Waals surface area contributed by atoms with Crippen molar-refractivity contribution in [2.45, 2.75) is 49.3 Å². The molecule has 178 valence electrons. The molecule has 3 atom stereocenters. The lowest BCUT2D eigenvalue weighted by Gasteiger charge is -2.35. The zero-order valence-electron chi connectivity index (χ0n) is 18.7. The highest BCUT2D eigenvalue weighted by Crippen LogP contribution is 2.24. The monoisotopic (exact) mass is 493 g/mol. The molecular formula is C23H28ClN3O5S. The average Bonchev–Trinajstić information content (AvgIpc) is 3.16. The molecule has 10 heteroatoms. The van der Waals surface area contributed by atoms with Crippen LogP contribution in [0.5, 0.6) is 0 Å². The molecule has 0 bridgehead atoms. The summed E-state index contributed by atoms with van der Waals surface area (Å²) in [5, 5.41) is 2.13. The van der Waals surface area contributed by atoms with Crippen molar-refractivity contribution in [1.29, 1.82) is 0 Å². The third kappa shape index (κ3) is 5.01. The van der Waals surface area contributed by atoms with Crippen LogP contribution in [-0.2, 0) is 24.3 Å². The van der Waals surface area contributed by atoms with Crippen molar-refractivity contribution in [3.63, 3.8) is 0 Å². The van der Waals surface area contributed by atoms with Crippen LogP contribution in [-0.4, -0.2) is 75.0 Å². The summed E-state index contributed by atoms with van der Waals surface area (Å²) in [6.45, 7) is 3.15. The molecule has 0 saturated carbocycles. The Morgan fingerprint density at radius 3 is 2.64 bits per heavy atom. The van der Waals surface area contributed by atoms with Crippen LogP contribution in [0.4, 0.5) is 0 Å². The van der Waals surface area contributed by atoms with Crippen LogP contribution in [0.25, 0.3) is 10.8 Å². The number of hydrogen-bond acceptors (Lipinski definition) is 5. The molecule has 2 unspecified atom stereocenters. The fourth-order valence-electron chi connectivity index (χ4n) is 4.54. The zero-order valence-corrected chi connectivity index (χ0v) is 20.2. The Morgan fingerprint density at radius 2 is 1.88 bits per heavy atom. The second kappa shape index (κ2) is 9.58. The van der Waals surface area contributed by atoms with E-state index in [4.69, 9.17) is 16.3 Å². The average molecular weight is 494 g/mol. The minimum atomic E-state index is -3.92. The Bertz CT molecular complexity index is 1170. The first-order valence-corrected chi connectivity index (χ1v) is 12.9. The molecule has 2 fully saturated rings. The molecule has 8 nitrogen and oxygen atoms in total. The summed E-state index contributed by atoms with van der Waals surface area (Å²) in [5.74, 6) is -0.519. The summed E-state index contributed by atoms with van der Waals surface area (Å²) in [4.78, 5) is 29.3. The van der Waals surface area contributed by atoms with E-state index in [1.54, 1.807) is 49.3 Å². The standard InChI is InChI=1S/C23H28ClN3O5S/c1-15(22(28)26-10-3-4-19(14-26)32-2)27-11-9-21(23(27)29)25-33(30,31)20-8-6-16-12-18(24)7-5-17(16)13-20/h5-8,12-13,15,19,21,25H,3-4,9-11,14H2,1-2H3/t15-,19?,21?/m0/s1. The van der Waals surface area contributed by atoms with Gasteiger partial charge in [0.1, 0.15) is 12.1 Å². The Balaban J connectivity index is 1.44. The van der Waals surface area contributed by atoms with Crippen LogP contribution in [0.3, 0.4) is 0 Å². The lowest BCUT2D eigenvalue weighted by Crippen LogP contribution is -2.53. The Labute approximate surface area is 198 Å². The van der Waals surface area contributed by atoms with Crippen molar-refractivity contribution >= 4 is 44.2 Å². The number of halogens is 1. The molecule has 1 N–H and O–H groups in total. The van der Waals surface area contributed by atoms with E-state index in [0.717, 1.165) is 23.6 Å². The quantitative estimate of drug-likeness (QED) is 0.666. The molecular weight excluding hydrogens is 466 g/mol. The van der Waals surface area contributed by atoms with Crippen LogP contribution < -0.4 is 4.72 Å². The highest BCUT2D eigenvalue weighted by molar-refractivity contribution is 7.89. The van der Waals surface area contributed by atoms with E-state index in [0.29, 0.717) is 31.1 Å². The maximum atomic E-state index is 13.0. The molecule has 2 aliphatic heterocycles. The molecule has 2 aromatic carbocycles. The highest BCUT2D eigenvalue weighted by atomic mass is 35.5. The number of carbonyl (C=O) groups is 2. The molecule has 33 heavy (non-hydrogen) atoms. The topological polar surface area (TPSA) is 96.0 Å². The van der Waals surface area contributed by atoms with Crippen LogP contribution in [0, 0.1) is 0 Å². The van der Waals surface area contributed by atoms with Gasteiger partial charge < -0.3 is 14.5 Å². The number of benzene rings is 2. The predicted octanol–water partition coefficient (Wildman–Crippen LogP) is 2.40. The predicted molar refractivity (Wildman–Crippen MR) is 125 cm³/mol. The van der Waals surface area contributed by atoms with Crippen LogP contribution in [0.1, 0.15) is 26.2 Å². The van der Waals surface area contributed by atoms with Gasteiger partial charge in [-0.25, -0.2) is 8.42 Å². The summed E-state index contributed by atoms with van der Waals surface area (Å²) >= 11 is 6.00. The maximum Gasteiger partial charge on any atom is 0.245 e. The van der Waals surface area contributed by atoms with E-state index in [1.165, 1.54) is 11.0 Å². The van der Waals surface area contributed by atoms with Gasteiger partial charge in [0.2, 0.25) is 21.8 Å². The minimum absolute atomic E-state index is 0.00159. The summed E-state index contributed by atoms with van der Waals surface area (Å²) in [6, 6.07) is 8.38. The molecule has 0 radical (unpaired) electrons. The number of fused-ring (bicyclic) bond motifs is 1. The number of hydrogen-bond donors (Lipinski definition) is 1. The van der Waals surface area contributed by atoms with E-state index in [9.17, 15) is 18.0 Å². The third-order valence-corrected chi connectivity index (χ3v) is 8.17. The van der Waals surface area contributed by atoms with Gasteiger partial charge in [0.25, 0.3) is 0 Å². The van der Waals surface area contributed by atoms with Crippen molar-refractivity contribution < 1.29 is 22.7 Å². The first-order chi connectivity index (χ1) is 15.7. The number of carbonyl (C=O) groups excluding carboxylic acids is 2. The van der Waals surface area contributed by atoms with Crippen molar-refractivity contribution in [3.8, 4) is 0 Å². The molecule has 2 saturated heterocycles. The van der Waals surface area contributed by atoms with Gasteiger partial charge in [-0.05, 0) is 61.2 Å². The number of ether oxygens (including phenoxy) is 1. The lowest BCUT2D eigenvalue weighted by atomic mass is 10.1. The first-order valence-electron chi connectivity index (χ1n) is 11.0. The van der Waals surface area contributed by atoms with Gasteiger partial charge in [-0.3, -0.25) is 9.59 Å². The summed E-state index contributed by atoms with van der Waals surface area (Å²) in [6.07, 6.45) is 2.06. The Hall–Kier alpha value is -2.20. The van der Waals surface area contributed by atoms with Gasteiger partial charge in [0, 0.05) is 31.8 Å². The summed E-state index contributed by atoms with van der Waals surface area (Å²) in [5.41, 5.74) is 0. The number of methoxy groups -OCH3 is 1. The number of nitrogens with one attached hydrogen (secondary N) is 1. The Kier molecular flexibility index (Phi) is 6.95. The number of amides is 2. The highest BCUT2D eigenvalue weighted by Gasteiger charge is 2.40. The van der Waals surface area contributed by atoms with Crippen molar-refractivity contribution in [2.24, 2.45) is 0 Å². The molecule has 4 rings (SSSR count). The number of sulfonamides is 1. The van der Waals surface area contributed by atoms with Crippen LogP contribution in [0.15, 0.2) is 41.3 Å². The largest absolute Gasteiger partial charge is 0.380 e. The SMILES string of the molecule is COC1CCCN(C(=O)[C@H](C)N2CCC(NS(=O)(=O)c3ccc4cc(Cl)ccc4c3)C2=O)C1. The number of likely N-dealkylation sites (tertiary alicyclic amines) is 2. The van der Waals surface area contributed by atoms with E-state index < -0.39 is 22.1 Å². The van der Waals surface area contributed by atoms with Crippen LogP contribution in [0.2, 0.25) is 5.02 Å². The van der Waals surface area contributed by atoms with Gasteiger partial charge in [-0.2, -0.15) is 4.72 Å². The van der Waals surface area contributed by atoms with E-state index in [-0.39, 0.29) is 22.8 Å². The fourth-order valence-corrected chi connectivity index (χ4v) is 5.98. The van der Waals surface area contributed by atoms with Crippen molar-refractivity contribution in [2.75, 3.05) is 26.7 Å². The van der Waals surface area contributed by atoms with Crippen molar-refractivity contribution in [3.05, 3.63) is 41.4 Å².